The lowest BCUT2D eigenvalue weighted by Gasteiger charge is -2.35. The van der Waals surface area contributed by atoms with Crippen molar-refractivity contribution in [3.05, 3.63) is 12.7 Å². The number of amides is 1. The molecule has 0 atom stereocenters. The summed E-state index contributed by atoms with van der Waals surface area (Å²) in [5.41, 5.74) is 1.73. The largest absolute Gasteiger partial charge is 0.351 e. The number of piperazine rings is 1. The zero-order valence-corrected chi connectivity index (χ0v) is 12.8. The smallest absolute Gasteiger partial charge is 0.225 e. The fraction of sp³-hybridized carbons (Fsp3) is 0.600. The molecule has 0 spiro atoms. The molecule has 22 heavy (non-hydrogen) atoms. The van der Waals surface area contributed by atoms with Crippen LogP contribution in [0.2, 0.25) is 0 Å². The third kappa shape index (κ3) is 2.20. The number of rotatable bonds is 3. The summed E-state index contributed by atoms with van der Waals surface area (Å²) in [5.74, 6) is 1.52. The van der Waals surface area contributed by atoms with E-state index in [1.165, 1.54) is 0 Å². The number of carbonyl (C=O) groups excluding carboxylic acids is 1. The van der Waals surface area contributed by atoms with Crippen LogP contribution in [0.25, 0.3) is 11.2 Å². The molecule has 0 radical (unpaired) electrons. The first-order valence-electron chi connectivity index (χ1n) is 7.97. The van der Waals surface area contributed by atoms with Crippen LogP contribution >= 0.6 is 0 Å². The maximum absolute atomic E-state index is 12.1. The van der Waals surface area contributed by atoms with Gasteiger partial charge in [-0.15, -0.1) is 0 Å². The first kappa shape index (κ1) is 13.5. The van der Waals surface area contributed by atoms with Gasteiger partial charge in [-0.2, -0.15) is 0 Å². The summed E-state index contributed by atoms with van der Waals surface area (Å²) in [7, 11) is 0. The van der Waals surface area contributed by atoms with Crippen LogP contribution < -0.4 is 4.90 Å². The molecule has 0 bridgehead atoms. The average molecular weight is 300 g/mol. The first-order valence-corrected chi connectivity index (χ1v) is 7.97. The number of anilines is 1. The van der Waals surface area contributed by atoms with Gasteiger partial charge < -0.3 is 14.4 Å². The van der Waals surface area contributed by atoms with Crippen LogP contribution in [0.1, 0.15) is 19.8 Å². The van der Waals surface area contributed by atoms with Crippen LogP contribution in [0.4, 0.5) is 5.82 Å². The van der Waals surface area contributed by atoms with Gasteiger partial charge in [-0.25, -0.2) is 15.0 Å². The highest BCUT2D eigenvalue weighted by Gasteiger charge is 2.35. The molecule has 4 rings (SSSR count). The molecule has 1 saturated heterocycles. The molecular weight excluding hydrogens is 280 g/mol. The summed E-state index contributed by atoms with van der Waals surface area (Å²) in [4.78, 5) is 29.6. The molecule has 1 saturated carbocycles. The molecule has 7 heteroatoms. The minimum absolute atomic E-state index is 0.303. The Balaban J connectivity index is 1.53. The Bertz CT molecular complexity index is 699. The van der Waals surface area contributed by atoms with E-state index in [9.17, 15) is 4.79 Å². The monoisotopic (exact) mass is 300 g/mol. The third-order valence-corrected chi connectivity index (χ3v) is 4.54. The Labute approximate surface area is 129 Å². The van der Waals surface area contributed by atoms with Crippen LogP contribution in [-0.4, -0.2) is 56.5 Å². The van der Waals surface area contributed by atoms with Gasteiger partial charge in [-0.3, -0.25) is 4.79 Å². The second-order valence-electron chi connectivity index (χ2n) is 5.99. The maximum atomic E-state index is 12.1. The van der Waals surface area contributed by atoms with Gasteiger partial charge in [0.2, 0.25) is 5.91 Å². The number of aromatic nitrogens is 4. The van der Waals surface area contributed by atoms with Crippen molar-refractivity contribution >= 4 is 22.9 Å². The van der Waals surface area contributed by atoms with Gasteiger partial charge in [0, 0.05) is 38.6 Å². The molecule has 1 aliphatic heterocycles. The Morgan fingerprint density at radius 2 is 1.95 bits per heavy atom. The van der Waals surface area contributed by atoms with Gasteiger partial charge in [0.1, 0.15) is 6.33 Å². The SMILES string of the molecule is CCn1cnc2c(N3CCN(C(=O)C4CC4)CC3)ncnc21. The van der Waals surface area contributed by atoms with E-state index < -0.39 is 0 Å². The van der Waals surface area contributed by atoms with Crippen molar-refractivity contribution < 1.29 is 4.79 Å². The van der Waals surface area contributed by atoms with Crippen LogP contribution in [-0.2, 0) is 11.3 Å². The summed E-state index contributed by atoms with van der Waals surface area (Å²) in [6.45, 7) is 6.08. The zero-order valence-electron chi connectivity index (χ0n) is 12.8. The van der Waals surface area contributed by atoms with E-state index in [-0.39, 0.29) is 0 Å². The van der Waals surface area contributed by atoms with Crippen LogP contribution in [0, 0.1) is 5.92 Å². The van der Waals surface area contributed by atoms with Gasteiger partial charge >= 0.3 is 0 Å². The van der Waals surface area contributed by atoms with E-state index in [0.29, 0.717) is 11.8 Å². The van der Waals surface area contributed by atoms with Gasteiger partial charge in [0.25, 0.3) is 0 Å². The van der Waals surface area contributed by atoms with Gasteiger partial charge in [0.05, 0.1) is 6.33 Å². The minimum atomic E-state index is 0.303. The van der Waals surface area contributed by atoms with Gasteiger partial charge in [-0.1, -0.05) is 0 Å². The Morgan fingerprint density at radius 3 is 2.64 bits per heavy atom. The van der Waals surface area contributed by atoms with Crippen molar-refractivity contribution in [2.45, 2.75) is 26.3 Å². The van der Waals surface area contributed by atoms with E-state index in [1.54, 1.807) is 6.33 Å². The molecule has 7 nitrogen and oxygen atoms in total. The molecule has 116 valence electrons. The lowest BCUT2D eigenvalue weighted by Crippen LogP contribution is -2.49. The number of fused-ring (bicyclic) bond motifs is 1. The lowest BCUT2D eigenvalue weighted by atomic mass is 10.2. The van der Waals surface area contributed by atoms with Crippen LogP contribution in [0.5, 0.6) is 0 Å². The molecular formula is C15H20N6O. The Kier molecular flexibility index (Phi) is 3.20. The fourth-order valence-corrected chi connectivity index (χ4v) is 3.06. The average Bonchev–Trinajstić information content (AvgIpc) is 3.33. The molecule has 0 N–H and O–H groups in total. The zero-order chi connectivity index (χ0) is 15.1. The number of nitrogens with zero attached hydrogens (tertiary/aromatic N) is 6. The summed E-state index contributed by atoms with van der Waals surface area (Å²) in [6.07, 6.45) is 5.56. The topological polar surface area (TPSA) is 67.2 Å². The van der Waals surface area contributed by atoms with Crippen LogP contribution in [0.3, 0.4) is 0 Å². The third-order valence-electron chi connectivity index (χ3n) is 4.54. The van der Waals surface area contributed by atoms with Gasteiger partial charge in [-0.05, 0) is 19.8 Å². The first-order chi connectivity index (χ1) is 10.8. The molecule has 2 aromatic rings. The number of aryl methyl sites for hydroxylation is 1. The lowest BCUT2D eigenvalue weighted by molar-refractivity contribution is -0.132. The highest BCUT2D eigenvalue weighted by atomic mass is 16.2. The molecule has 0 aromatic carbocycles. The van der Waals surface area contributed by atoms with Gasteiger partial charge in [0.15, 0.2) is 17.0 Å². The highest BCUT2D eigenvalue weighted by molar-refractivity contribution is 5.84. The summed E-state index contributed by atoms with van der Waals surface area (Å²) < 4.78 is 2.02. The Hall–Kier alpha value is -2.18. The molecule has 2 aliphatic rings. The molecule has 2 aromatic heterocycles. The second-order valence-corrected chi connectivity index (χ2v) is 5.99. The number of carbonyl (C=O) groups is 1. The summed E-state index contributed by atoms with van der Waals surface area (Å²) in [6, 6.07) is 0. The van der Waals surface area contributed by atoms with E-state index in [0.717, 1.165) is 62.5 Å². The minimum Gasteiger partial charge on any atom is -0.351 e. The normalized spacial score (nSPS) is 19.0. The fourth-order valence-electron chi connectivity index (χ4n) is 3.06. The predicted molar refractivity (Wildman–Crippen MR) is 82.5 cm³/mol. The number of hydrogen-bond donors (Lipinski definition) is 0. The second kappa shape index (κ2) is 5.23. The van der Waals surface area contributed by atoms with E-state index in [4.69, 9.17) is 0 Å². The molecule has 3 heterocycles. The molecule has 2 fully saturated rings. The molecule has 0 unspecified atom stereocenters. The van der Waals surface area contributed by atoms with Crippen molar-refractivity contribution in [1.29, 1.82) is 0 Å². The molecule has 1 aliphatic carbocycles. The standard InChI is InChI=1S/C15H20N6O/c1-2-19-10-18-12-13(19)16-9-17-14(12)20-5-7-21(8-6-20)15(22)11-3-4-11/h9-11H,2-8H2,1H3. The van der Waals surface area contributed by atoms with E-state index in [1.807, 2.05) is 15.8 Å². The maximum Gasteiger partial charge on any atom is 0.225 e. The number of hydrogen-bond acceptors (Lipinski definition) is 5. The quantitative estimate of drug-likeness (QED) is 0.842. The summed E-state index contributed by atoms with van der Waals surface area (Å²) in [5, 5.41) is 0. The summed E-state index contributed by atoms with van der Waals surface area (Å²) >= 11 is 0. The highest BCUT2D eigenvalue weighted by Crippen LogP contribution is 2.31. The van der Waals surface area contributed by atoms with E-state index in [2.05, 4.69) is 26.8 Å². The Morgan fingerprint density at radius 1 is 1.18 bits per heavy atom. The molecule has 1 amide bonds. The van der Waals surface area contributed by atoms with Crippen molar-refractivity contribution in [2.75, 3.05) is 31.1 Å². The van der Waals surface area contributed by atoms with Crippen molar-refractivity contribution in [1.82, 2.24) is 24.4 Å². The van der Waals surface area contributed by atoms with Crippen LogP contribution in [0.15, 0.2) is 12.7 Å². The van der Waals surface area contributed by atoms with Crippen molar-refractivity contribution in [3.8, 4) is 0 Å². The van der Waals surface area contributed by atoms with E-state index >= 15 is 0 Å². The van der Waals surface area contributed by atoms with Crippen molar-refractivity contribution in [2.24, 2.45) is 5.92 Å². The predicted octanol–water partition coefficient (Wildman–Crippen LogP) is 0.905. The van der Waals surface area contributed by atoms with Crippen molar-refractivity contribution in [3.63, 3.8) is 0 Å². The number of imidazole rings is 1.